The summed E-state index contributed by atoms with van der Waals surface area (Å²) < 4.78 is 10.4. The van der Waals surface area contributed by atoms with E-state index < -0.39 is 0 Å². The average Bonchev–Trinajstić information content (AvgIpc) is 3.37. The topological polar surface area (TPSA) is 73.6 Å². The van der Waals surface area contributed by atoms with Gasteiger partial charge in [-0.3, -0.25) is 4.79 Å². The molecular formula is C16H22N2O3. The van der Waals surface area contributed by atoms with Crippen LogP contribution in [0.15, 0.2) is 12.1 Å². The predicted molar refractivity (Wildman–Crippen MR) is 80.7 cm³/mol. The molecule has 1 amide bonds. The first-order valence-electron chi connectivity index (χ1n) is 7.46. The number of ether oxygens (including phenoxy) is 2. The smallest absolute Gasteiger partial charge is 0.253 e. The zero-order valence-electron chi connectivity index (χ0n) is 12.5. The number of amides is 1. The molecule has 5 nitrogen and oxygen atoms in total. The summed E-state index contributed by atoms with van der Waals surface area (Å²) in [5.74, 6) is 2.25. The second-order valence-corrected chi connectivity index (χ2v) is 5.97. The van der Waals surface area contributed by atoms with Crippen molar-refractivity contribution in [3.05, 3.63) is 17.7 Å². The maximum Gasteiger partial charge on any atom is 0.253 e. The third-order valence-electron chi connectivity index (χ3n) is 4.36. The molecule has 0 aromatic heterocycles. The first kappa shape index (κ1) is 14.0. The van der Waals surface area contributed by atoms with Gasteiger partial charge in [0.25, 0.3) is 5.91 Å². The average molecular weight is 290 g/mol. The van der Waals surface area contributed by atoms with Crippen LogP contribution in [0, 0.1) is 11.8 Å². The van der Waals surface area contributed by atoms with Crippen LogP contribution in [-0.2, 0) is 0 Å². The lowest BCUT2D eigenvalue weighted by molar-refractivity contribution is 0.0927. The van der Waals surface area contributed by atoms with Crippen molar-refractivity contribution < 1.29 is 14.3 Å². The standard InChI is InChI=1S/C16H22N2O3/c1-20-13-7-11(12(17)8-14(13)21-2)16(19)18-15(9-3-4-9)10-5-6-10/h7-10,15H,3-6,17H2,1-2H3,(H,18,19). The van der Waals surface area contributed by atoms with E-state index in [1.165, 1.54) is 25.7 Å². The zero-order chi connectivity index (χ0) is 15.0. The molecule has 0 heterocycles. The van der Waals surface area contributed by atoms with Crippen LogP contribution in [-0.4, -0.2) is 26.2 Å². The van der Waals surface area contributed by atoms with Gasteiger partial charge in [-0.25, -0.2) is 0 Å². The molecule has 3 rings (SSSR count). The van der Waals surface area contributed by atoms with E-state index in [9.17, 15) is 4.79 Å². The Bertz CT molecular complexity index is 539. The number of carbonyl (C=O) groups excluding carboxylic acids is 1. The van der Waals surface area contributed by atoms with Crippen LogP contribution < -0.4 is 20.5 Å². The van der Waals surface area contributed by atoms with E-state index in [0.717, 1.165) is 0 Å². The summed E-state index contributed by atoms with van der Waals surface area (Å²) in [4.78, 5) is 12.5. The number of carbonyl (C=O) groups is 1. The second-order valence-electron chi connectivity index (χ2n) is 5.97. The first-order chi connectivity index (χ1) is 10.1. The van der Waals surface area contributed by atoms with Gasteiger partial charge in [-0.2, -0.15) is 0 Å². The number of benzene rings is 1. The van der Waals surface area contributed by atoms with Crippen molar-refractivity contribution in [3.63, 3.8) is 0 Å². The SMILES string of the molecule is COc1cc(N)c(C(=O)NC(C2CC2)C2CC2)cc1OC. The van der Waals surface area contributed by atoms with Crippen molar-refractivity contribution in [1.82, 2.24) is 5.32 Å². The highest BCUT2D eigenvalue weighted by Crippen LogP contribution is 2.44. The summed E-state index contributed by atoms with van der Waals surface area (Å²) in [5.41, 5.74) is 6.85. The molecule has 2 aliphatic carbocycles. The van der Waals surface area contributed by atoms with Crippen LogP contribution >= 0.6 is 0 Å². The molecule has 2 saturated carbocycles. The van der Waals surface area contributed by atoms with Crippen molar-refractivity contribution >= 4 is 11.6 Å². The van der Waals surface area contributed by atoms with Crippen molar-refractivity contribution in [3.8, 4) is 11.5 Å². The summed E-state index contributed by atoms with van der Waals surface area (Å²) in [5, 5.41) is 3.17. The van der Waals surface area contributed by atoms with Gasteiger partial charge < -0.3 is 20.5 Å². The zero-order valence-corrected chi connectivity index (χ0v) is 12.5. The Hall–Kier alpha value is -1.91. The van der Waals surface area contributed by atoms with Gasteiger partial charge in [0.15, 0.2) is 11.5 Å². The summed E-state index contributed by atoms with van der Waals surface area (Å²) in [7, 11) is 3.10. The van der Waals surface area contributed by atoms with E-state index in [4.69, 9.17) is 15.2 Å². The molecule has 21 heavy (non-hydrogen) atoms. The number of nitrogens with one attached hydrogen (secondary N) is 1. The first-order valence-corrected chi connectivity index (χ1v) is 7.46. The van der Waals surface area contributed by atoms with Crippen LogP contribution in [0.3, 0.4) is 0 Å². The second kappa shape index (κ2) is 5.47. The highest BCUT2D eigenvalue weighted by Gasteiger charge is 2.42. The minimum absolute atomic E-state index is 0.114. The van der Waals surface area contributed by atoms with Gasteiger partial charge in [-0.05, 0) is 43.6 Å². The highest BCUT2D eigenvalue weighted by atomic mass is 16.5. The molecule has 0 atom stereocenters. The molecular weight excluding hydrogens is 268 g/mol. The molecule has 0 unspecified atom stereocenters. The monoisotopic (exact) mass is 290 g/mol. The highest BCUT2D eigenvalue weighted by molar-refractivity contribution is 6.00. The fraction of sp³-hybridized carbons (Fsp3) is 0.562. The molecule has 114 valence electrons. The lowest BCUT2D eigenvalue weighted by Crippen LogP contribution is -2.38. The number of anilines is 1. The molecule has 0 radical (unpaired) electrons. The number of methoxy groups -OCH3 is 2. The van der Waals surface area contributed by atoms with Gasteiger partial charge in [-0.1, -0.05) is 0 Å². The molecule has 2 fully saturated rings. The summed E-state index contributed by atoms with van der Waals surface area (Å²) >= 11 is 0. The number of hydrogen-bond donors (Lipinski definition) is 2. The number of rotatable bonds is 6. The Labute approximate surface area is 124 Å². The summed E-state index contributed by atoms with van der Waals surface area (Å²) in [6.07, 6.45) is 4.90. The van der Waals surface area contributed by atoms with Crippen LogP contribution in [0.25, 0.3) is 0 Å². The molecule has 0 bridgehead atoms. The maximum atomic E-state index is 12.5. The van der Waals surface area contributed by atoms with Crippen LogP contribution in [0.4, 0.5) is 5.69 Å². The van der Waals surface area contributed by atoms with E-state index >= 15 is 0 Å². The van der Waals surface area contributed by atoms with Crippen molar-refractivity contribution in [2.45, 2.75) is 31.7 Å². The normalized spacial score (nSPS) is 17.7. The fourth-order valence-corrected chi connectivity index (χ4v) is 2.85. The minimum atomic E-state index is -0.114. The molecule has 1 aromatic rings. The van der Waals surface area contributed by atoms with Crippen LogP contribution in [0.1, 0.15) is 36.0 Å². The molecule has 0 aliphatic heterocycles. The lowest BCUT2D eigenvalue weighted by atomic mass is 10.1. The Morgan fingerprint density at radius 3 is 2.14 bits per heavy atom. The summed E-state index contributed by atoms with van der Waals surface area (Å²) in [6.45, 7) is 0. The van der Waals surface area contributed by atoms with E-state index in [1.54, 1.807) is 26.4 Å². The number of hydrogen-bond acceptors (Lipinski definition) is 4. The predicted octanol–water partition coefficient (Wildman–Crippen LogP) is 2.20. The Kier molecular flexibility index (Phi) is 3.66. The van der Waals surface area contributed by atoms with Gasteiger partial charge in [0.1, 0.15) is 0 Å². The van der Waals surface area contributed by atoms with Crippen LogP contribution in [0.5, 0.6) is 11.5 Å². The van der Waals surface area contributed by atoms with Crippen LogP contribution in [0.2, 0.25) is 0 Å². The molecule has 5 heteroatoms. The minimum Gasteiger partial charge on any atom is -0.493 e. The van der Waals surface area contributed by atoms with Crippen molar-refractivity contribution in [2.24, 2.45) is 11.8 Å². The van der Waals surface area contributed by atoms with Crippen molar-refractivity contribution in [2.75, 3.05) is 20.0 Å². The van der Waals surface area contributed by atoms with E-state index in [2.05, 4.69) is 5.32 Å². The molecule has 2 aliphatic rings. The third-order valence-corrected chi connectivity index (χ3v) is 4.36. The Balaban J connectivity index is 1.79. The third kappa shape index (κ3) is 2.91. The lowest BCUT2D eigenvalue weighted by Gasteiger charge is -2.19. The van der Waals surface area contributed by atoms with E-state index in [1.807, 2.05) is 0 Å². The number of nitrogen functional groups attached to an aromatic ring is 1. The van der Waals surface area contributed by atoms with Crippen molar-refractivity contribution in [1.29, 1.82) is 0 Å². The Morgan fingerprint density at radius 1 is 1.14 bits per heavy atom. The van der Waals surface area contributed by atoms with Gasteiger partial charge in [0.2, 0.25) is 0 Å². The molecule has 1 aromatic carbocycles. The maximum absolute atomic E-state index is 12.5. The molecule has 3 N–H and O–H groups in total. The largest absolute Gasteiger partial charge is 0.493 e. The quantitative estimate of drug-likeness (QED) is 0.788. The van der Waals surface area contributed by atoms with Gasteiger partial charge in [-0.15, -0.1) is 0 Å². The van der Waals surface area contributed by atoms with Gasteiger partial charge in [0, 0.05) is 17.8 Å². The van der Waals surface area contributed by atoms with Gasteiger partial charge >= 0.3 is 0 Å². The fourth-order valence-electron chi connectivity index (χ4n) is 2.85. The van der Waals surface area contributed by atoms with E-state index in [-0.39, 0.29) is 5.91 Å². The molecule has 0 spiro atoms. The summed E-state index contributed by atoms with van der Waals surface area (Å²) in [6, 6.07) is 3.60. The number of nitrogens with two attached hydrogens (primary N) is 1. The molecule has 0 saturated heterocycles. The van der Waals surface area contributed by atoms with Gasteiger partial charge in [0.05, 0.1) is 19.8 Å². The Morgan fingerprint density at radius 2 is 1.67 bits per heavy atom. The van der Waals surface area contributed by atoms with E-state index in [0.29, 0.717) is 40.6 Å².